The number of rotatable bonds is 7. The van der Waals surface area contributed by atoms with Gasteiger partial charge in [0.15, 0.2) is 6.61 Å². The van der Waals surface area contributed by atoms with E-state index < -0.39 is 19.3 Å². The van der Waals surface area contributed by atoms with E-state index in [9.17, 15) is 13.2 Å². The van der Waals surface area contributed by atoms with Gasteiger partial charge in [-0.25, -0.2) is 0 Å². The van der Waals surface area contributed by atoms with Crippen LogP contribution < -0.4 is 5.30 Å². The van der Waals surface area contributed by atoms with Gasteiger partial charge in [-0.15, -0.1) is 0 Å². The molecule has 1 aromatic carbocycles. The van der Waals surface area contributed by atoms with Crippen molar-refractivity contribution in [1.82, 2.24) is 0 Å². The fourth-order valence-corrected chi connectivity index (χ4v) is 5.17. The van der Waals surface area contributed by atoms with Crippen molar-refractivity contribution in [3.63, 3.8) is 0 Å². The zero-order valence-electron chi connectivity index (χ0n) is 12.4. The molecule has 0 aromatic heterocycles. The van der Waals surface area contributed by atoms with Crippen molar-refractivity contribution in [2.45, 2.75) is 39.8 Å². The maximum atomic E-state index is 12.5. The molecule has 0 aliphatic carbocycles. The van der Waals surface area contributed by atoms with Crippen molar-refractivity contribution >= 4 is 23.6 Å². The van der Waals surface area contributed by atoms with Gasteiger partial charge >= 0.3 is 6.18 Å². The van der Waals surface area contributed by atoms with Gasteiger partial charge in [-0.1, -0.05) is 31.5 Å². The second-order valence-corrected chi connectivity index (χ2v) is 8.21. The van der Waals surface area contributed by atoms with Crippen LogP contribution >= 0.6 is 6.49 Å². The molecule has 120 valence electrons. The second kappa shape index (κ2) is 7.73. The van der Waals surface area contributed by atoms with Crippen LogP contribution in [0.1, 0.15) is 30.9 Å². The molecule has 0 N–H and O–H groups in total. The summed E-state index contributed by atoms with van der Waals surface area (Å²) in [6.45, 7) is 1.35. The lowest BCUT2D eigenvalue weighted by atomic mass is 10.2. The van der Waals surface area contributed by atoms with Gasteiger partial charge in [0.05, 0.1) is 6.61 Å². The highest BCUT2D eigenvalue weighted by molar-refractivity contribution is 8.13. The van der Waals surface area contributed by atoms with Crippen LogP contribution in [0.2, 0.25) is 0 Å². The molecule has 7 heteroatoms. The number of hydrogen-bond donors (Lipinski definition) is 0. The van der Waals surface area contributed by atoms with Crippen LogP contribution in [0.15, 0.2) is 18.2 Å². The zero-order valence-corrected chi connectivity index (χ0v) is 14.1. The van der Waals surface area contributed by atoms with Gasteiger partial charge in [-0.3, -0.25) is 0 Å². The first-order valence-electron chi connectivity index (χ1n) is 6.72. The second-order valence-electron chi connectivity index (χ2n) is 4.81. The molecule has 0 aliphatic heterocycles. The van der Waals surface area contributed by atoms with Crippen LogP contribution in [0.4, 0.5) is 13.2 Å². The predicted molar refractivity (Wildman–Crippen MR) is 82.7 cm³/mol. The van der Waals surface area contributed by atoms with Crippen LogP contribution in [-0.4, -0.2) is 19.4 Å². The number of alkyl halides is 3. The highest BCUT2D eigenvalue weighted by Gasteiger charge is 2.34. The summed E-state index contributed by atoms with van der Waals surface area (Å²) in [5, 5.41) is 0.598. The first kappa shape index (κ1) is 18.6. The summed E-state index contributed by atoms with van der Waals surface area (Å²) in [4.78, 5) is 0. The highest BCUT2D eigenvalue weighted by atomic mass is 32.5. The average Bonchev–Trinajstić information content (AvgIpc) is 2.36. The van der Waals surface area contributed by atoms with Crippen LogP contribution in [-0.2, 0) is 20.9 Å². The third kappa shape index (κ3) is 5.70. The standard InChI is InChI=1S/C14H20F3O2PS/c1-4-5-9-18-20(21,19-10-14(15,16)17)13-11(2)7-6-8-12(13)3/h6-8H,4-5,9-10H2,1-3H3. The molecule has 0 saturated carbocycles. The third-order valence-corrected chi connectivity index (χ3v) is 6.30. The largest absolute Gasteiger partial charge is 0.412 e. The molecule has 0 bridgehead atoms. The molecular weight excluding hydrogens is 320 g/mol. The van der Waals surface area contributed by atoms with Gasteiger partial charge in [-0.2, -0.15) is 13.2 Å². The van der Waals surface area contributed by atoms with Crippen LogP contribution in [0.25, 0.3) is 0 Å². The van der Waals surface area contributed by atoms with E-state index in [1.807, 2.05) is 39.0 Å². The third-order valence-electron chi connectivity index (χ3n) is 2.87. The van der Waals surface area contributed by atoms with Crippen molar-refractivity contribution < 1.29 is 22.2 Å². The molecule has 1 unspecified atom stereocenters. The summed E-state index contributed by atoms with van der Waals surface area (Å²) in [7, 11) is 0. The molecule has 0 amide bonds. The van der Waals surface area contributed by atoms with E-state index in [1.165, 1.54) is 0 Å². The Bertz CT molecular complexity index is 497. The number of benzene rings is 1. The van der Waals surface area contributed by atoms with Crippen LogP contribution in [0.5, 0.6) is 0 Å². The van der Waals surface area contributed by atoms with E-state index in [1.54, 1.807) is 0 Å². The maximum Gasteiger partial charge on any atom is 0.412 e. The van der Waals surface area contributed by atoms with Crippen molar-refractivity contribution in [3.05, 3.63) is 29.3 Å². The Labute approximate surface area is 128 Å². The Balaban J connectivity index is 3.09. The van der Waals surface area contributed by atoms with E-state index >= 15 is 0 Å². The molecule has 0 heterocycles. The molecule has 1 rings (SSSR count). The Morgan fingerprint density at radius 1 is 1.14 bits per heavy atom. The van der Waals surface area contributed by atoms with Crippen LogP contribution in [0, 0.1) is 13.8 Å². The number of hydrogen-bond acceptors (Lipinski definition) is 3. The summed E-state index contributed by atoms with van der Waals surface area (Å²) < 4.78 is 48.1. The summed E-state index contributed by atoms with van der Waals surface area (Å²) in [5.41, 5.74) is 1.61. The normalized spacial score (nSPS) is 15.0. The summed E-state index contributed by atoms with van der Waals surface area (Å²) >= 11 is 5.39. The molecular formula is C14H20F3O2PS. The Morgan fingerprint density at radius 3 is 2.19 bits per heavy atom. The zero-order chi connectivity index (χ0) is 16.1. The monoisotopic (exact) mass is 340 g/mol. The highest BCUT2D eigenvalue weighted by Crippen LogP contribution is 2.50. The molecule has 21 heavy (non-hydrogen) atoms. The minimum atomic E-state index is -4.42. The fraction of sp³-hybridized carbons (Fsp3) is 0.571. The SMILES string of the molecule is CCCCOP(=S)(OCC(F)(F)F)c1c(C)cccc1C. The lowest BCUT2D eigenvalue weighted by molar-refractivity contribution is -0.153. The summed E-state index contributed by atoms with van der Waals surface area (Å²) in [5.74, 6) is 0. The molecule has 0 aliphatic rings. The van der Waals surface area contributed by atoms with Gasteiger partial charge in [-0.05, 0) is 43.2 Å². The minimum Gasteiger partial charge on any atom is -0.326 e. The van der Waals surface area contributed by atoms with Gasteiger partial charge < -0.3 is 9.05 Å². The van der Waals surface area contributed by atoms with Gasteiger partial charge in [0, 0.05) is 5.30 Å². The maximum absolute atomic E-state index is 12.5. The molecule has 1 atom stereocenters. The van der Waals surface area contributed by atoms with Crippen LogP contribution in [0.3, 0.4) is 0 Å². The molecule has 0 radical (unpaired) electrons. The van der Waals surface area contributed by atoms with E-state index in [0.29, 0.717) is 11.9 Å². The average molecular weight is 340 g/mol. The smallest absolute Gasteiger partial charge is 0.326 e. The van der Waals surface area contributed by atoms with Crippen molar-refractivity contribution in [3.8, 4) is 0 Å². The Hall–Kier alpha value is -0.420. The number of unbranched alkanes of at least 4 members (excludes halogenated alkanes) is 1. The lowest BCUT2D eigenvalue weighted by Crippen LogP contribution is -2.22. The van der Waals surface area contributed by atoms with Gasteiger partial charge in [0.1, 0.15) is 0 Å². The number of halogens is 3. The van der Waals surface area contributed by atoms with Crippen molar-refractivity contribution in [1.29, 1.82) is 0 Å². The molecule has 0 saturated heterocycles. The molecule has 0 spiro atoms. The van der Waals surface area contributed by atoms with E-state index in [4.69, 9.17) is 20.9 Å². The molecule has 2 nitrogen and oxygen atoms in total. The van der Waals surface area contributed by atoms with E-state index in [0.717, 1.165) is 24.0 Å². The van der Waals surface area contributed by atoms with E-state index in [2.05, 4.69) is 0 Å². The van der Waals surface area contributed by atoms with E-state index in [-0.39, 0.29) is 0 Å². The summed E-state index contributed by atoms with van der Waals surface area (Å²) in [6.07, 6.45) is -2.81. The number of aryl methyl sites for hydroxylation is 2. The topological polar surface area (TPSA) is 18.5 Å². The first-order chi connectivity index (χ1) is 9.69. The Morgan fingerprint density at radius 2 is 1.71 bits per heavy atom. The summed E-state index contributed by atoms with van der Waals surface area (Å²) in [6, 6.07) is 5.46. The lowest BCUT2D eigenvalue weighted by Gasteiger charge is -2.26. The Kier molecular flexibility index (Phi) is 6.85. The molecule has 1 aromatic rings. The quantitative estimate of drug-likeness (QED) is 0.532. The van der Waals surface area contributed by atoms with Gasteiger partial charge in [0.2, 0.25) is 6.49 Å². The molecule has 0 fully saturated rings. The fourth-order valence-electron chi connectivity index (χ4n) is 1.89. The first-order valence-corrected chi connectivity index (χ1v) is 9.36. The van der Waals surface area contributed by atoms with Crippen molar-refractivity contribution in [2.24, 2.45) is 0 Å². The van der Waals surface area contributed by atoms with Crippen molar-refractivity contribution in [2.75, 3.05) is 13.2 Å². The minimum absolute atomic E-state index is 0.305. The predicted octanol–water partition coefficient (Wildman–Crippen LogP) is 4.63. The van der Waals surface area contributed by atoms with Gasteiger partial charge in [0.25, 0.3) is 0 Å².